The Morgan fingerprint density at radius 3 is 2.63 bits per heavy atom. The number of aryl methyl sites for hydroxylation is 1. The Hall–Kier alpha value is -1.39. The van der Waals surface area contributed by atoms with Gasteiger partial charge in [-0.05, 0) is 36.2 Å². The van der Waals surface area contributed by atoms with Crippen molar-refractivity contribution in [3.63, 3.8) is 0 Å². The van der Waals surface area contributed by atoms with Gasteiger partial charge in [-0.3, -0.25) is 0 Å². The van der Waals surface area contributed by atoms with Crippen LogP contribution in [0, 0.1) is 12.7 Å². The van der Waals surface area contributed by atoms with E-state index in [1.807, 2.05) is 19.1 Å². The molecule has 0 aliphatic heterocycles. The molecule has 2 rings (SSSR count). The van der Waals surface area contributed by atoms with E-state index in [-0.39, 0.29) is 0 Å². The van der Waals surface area contributed by atoms with Gasteiger partial charge >= 0.3 is 0 Å². The molecule has 4 heteroatoms. The molecule has 0 bridgehead atoms. The number of halogens is 2. The summed E-state index contributed by atoms with van der Waals surface area (Å²) < 4.78 is 19.3. The molecule has 0 aliphatic carbocycles. The molecule has 0 spiro atoms. The first-order chi connectivity index (χ1) is 9.04. The molecule has 0 saturated heterocycles. The summed E-state index contributed by atoms with van der Waals surface area (Å²) in [5, 5.41) is 10.5. The van der Waals surface area contributed by atoms with Crippen LogP contribution in [0.15, 0.2) is 40.9 Å². The molecule has 2 nitrogen and oxygen atoms in total. The van der Waals surface area contributed by atoms with Crippen molar-refractivity contribution in [1.29, 1.82) is 0 Å². The van der Waals surface area contributed by atoms with E-state index in [1.54, 1.807) is 6.07 Å². The highest BCUT2D eigenvalue weighted by molar-refractivity contribution is 9.10. The molecule has 0 saturated carbocycles. The summed E-state index contributed by atoms with van der Waals surface area (Å²) >= 11 is 3.45. The lowest BCUT2D eigenvalue weighted by molar-refractivity contribution is 0.213. The van der Waals surface area contributed by atoms with Crippen molar-refractivity contribution in [2.24, 2.45) is 0 Å². The number of methoxy groups -OCH3 is 1. The van der Waals surface area contributed by atoms with Crippen molar-refractivity contribution >= 4 is 15.9 Å². The summed E-state index contributed by atoms with van der Waals surface area (Å²) in [6.07, 6.45) is -0.945. The number of rotatable bonds is 3. The van der Waals surface area contributed by atoms with Gasteiger partial charge in [-0.1, -0.05) is 34.1 Å². The lowest BCUT2D eigenvalue weighted by Crippen LogP contribution is -2.04. The second-order valence-corrected chi connectivity index (χ2v) is 5.06. The molecule has 2 aromatic rings. The lowest BCUT2D eigenvalue weighted by Gasteiger charge is -2.17. The second-order valence-electron chi connectivity index (χ2n) is 4.27. The molecule has 2 aromatic carbocycles. The highest BCUT2D eigenvalue weighted by Crippen LogP contribution is 2.35. The van der Waals surface area contributed by atoms with Crippen LogP contribution in [0.3, 0.4) is 0 Å². The summed E-state index contributed by atoms with van der Waals surface area (Å²) in [5.74, 6) is 0.0564. The van der Waals surface area contributed by atoms with Gasteiger partial charge in [-0.15, -0.1) is 0 Å². The highest BCUT2D eigenvalue weighted by atomic mass is 79.9. The zero-order valence-electron chi connectivity index (χ0n) is 10.7. The van der Waals surface area contributed by atoms with Gasteiger partial charge in [-0.2, -0.15) is 0 Å². The molecular formula is C15H14BrFO2. The topological polar surface area (TPSA) is 29.5 Å². The van der Waals surface area contributed by atoms with Gasteiger partial charge in [0, 0.05) is 10.0 Å². The SMILES string of the molecule is COc1ccc(F)cc1C(O)c1cccc(C)c1Br. The summed E-state index contributed by atoms with van der Waals surface area (Å²) in [4.78, 5) is 0. The van der Waals surface area contributed by atoms with Crippen molar-refractivity contribution in [2.75, 3.05) is 7.11 Å². The Balaban J connectivity index is 2.52. The molecule has 0 aliphatic rings. The van der Waals surface area contributed by atoms with Crippen LogP contribution in [0.4, 0.5) is 4.39 Å². The van der Waals surface area contributed by atoms with E-state index in [1.165, 1.54) is 25.3 Å². The summed E-state index contributed by atoms with van der Waals surface area (Å²) in [7, 11) is 1.49. The van der Waals surface area contributed by atoms with E-state index in [0.29, 0.717) is 16.9 Å². The molecule has 1 unspecified atom stereocenters. The van der Waals surface area contributed by atoms with E-state index in [4.69, 9.17) is 4.74 Å². The molecular weight excluding hydrogens is 311 g/mol. The first kappa shape index (κ1) is 14.0. The van der Waals surface area contributed by atoms with Gasteiger partial charge in [0.05, 0.1) is 7.11 Å². The van der Waals surface area contributed by atoms with Crippen LogP contribution in [0.25, 0.3) is 0 Å². The van der Waals surface area contributed by atoms with Gasteiger partial charge in [0.2, 0.25) is 0 Å². The zero-order chi connectivity index (χ0) is 14.0. The molecule has 0 radical (unpaired) electrons. The fourth-order valence-electron chi connectivity index (χ4n) is 1.97. The van der Waals surface area contributed by atoms with Crippen LogP contribution < -0.4 is 4.74 Å². The number of aliphatic hydroxyl groups excluding tert-OH is 1. The van der Waals surface area contributed by atoms with Crippen LogP contribution in [0.2, 0.25) is 0 Å². The quantitative estimate of drug-likeness (QED) is 0.925. The van der Waals surface area contributed by atoms with Crippen molar-refractivity contribution in [1.82, 2.24) is 0 Å². The van der Waals surface area contributed by atoms with E-state index >= 15 is 0 Å². The fraction of sp³-hybridized carbons (Fsp3) is 0.200. The maximum Gasteiger partial charge on any atom is 0.125 e. The molecule has 100 valence electrons. The third-order valence-electron chi connectivity index (χ3n) is 3.00. The van der Waals surface area contributed by atoms with Crippen LogP contribution >= 0.6 is 15.9 Å². The Morgan fingerprint density at radius 1 is 1.21 bits per heavy atom. The van der Waals surface area contributed by atoms with Gasteiger partial charge in [0.15, 0.2) is 0 Å². The minimum Gasteiger partial charge on any atom is -0.496 e. The Kier molecular flexibility index (Phi) is 4.22. The van der Waals surface area contributed by atoms with E-state index in [2.05, 4.69) is 15.9 Å². The second kappa shape index (κ2) is 5.72. The van der Waals surface area contributed by atoms with Gasteiger partial charge in [0.25, 0.3) is 0 Å². The van der Waals surface area contributed by atoms with Crippen molar-refractivity contribution in [3.05, 3.63) is 63.4 Å². The predicted molar refractivity (Wildman–Crippen MR) is 75.9 cm³/mol. The molecule has 1 N–H and O–H groups in total. The minimum absolute atomic E-state index is 0.404. The Morgan fingerprint density at radius 2 is 1.95 bits per heavy atom. The van der Waals surface area contributed by atoms with Crippen LogP contribution in [0.1, 0.15) is 22.8 Å². The van der Waals surface area contributed by atoms with Crippen LogP contribution in [0.5, 0.6) is 5.75 Å². The zero-order valence-corrected chi connectivity index (χ0v) is 12.2. The largest absolute Gasteiger partial charge is 0.496 e. The highest BCUT2D eigenvalue weighted by Gasteiger charge is 2.19. The molecule has 0 heterocycles. The average Bonchev–Trinajstić information content (AvgIpc) is 2.41. The van der Waals surface area contributed by atoms with E-state index < -0.39 is 11.9 Å². The van der Waals surface area contributed by atoms with Crippen molar-refractivity contribution in [3.8, 4) is 5.75 Å². The average molecular weight is 325 g/mol. The normalized spacial score (nSPS) is 12.3. The number of aliphatic hydroxyl groups is 1. The predicted octanol–water partition coefficient (Wildman–Crippen LogP) is 3.99. The smallest absolute Gasteiger partial charge is 0.125 e. The number of benzene rings is 2. The van der Waals surface area contributed by atoms with Gasteiger partial charge in [-0.25, -0.2) is 4.39 Å². The minimum atomic E-state index is -0.945. The number of hydrogen-bond acceptors (Lipinski definition) is 2. The van der Waals surface area contributed by atoms with Gasteiger partial charge < -0.3 is 9.84 Å². The fourth-order valence-corrected chi connectivity index (χ4v) is 2.45. The third-order valence-corrected chi connectivity index (χ3v) is 4.09. The van der Waals surface area contributed by atoms with Crippen molar-refractivity contribution in [2.45, 2.75) is 13.0 Å². The van der Waals surface area contributed by atoms with Gasteiger partial charge in [0.1, 0.15) is 17.7 Å². The third kappa shape index (κ3) is 2.80. The summed E-state index contributed by atoms with van der Waals surface area (Å²) in [5.41, 5.74) is 2.10. The maximum atomic E-state index is 13.4. The lowest BCUT2D eigenvalue weighted by atomic mass is 9.99. The molecule has 1 atom stereocenters. The Labute approximate surface area is 120 Å². The van der Waals surface area contributed by atoms with Crippen LogP contribution in [-0.2, 0) is 0 Å². The molecule has 0 amide bonds. The first-order valence-corrected chi connectivity index (χ1v) is 6.60. The van der Waals surface area contributed by atoms with Crippen molar-refractivity contribution < 1.29 is 14.2 Å². The monoisotopic (exact) mass is 324 g/mol. The first-order valence-electron chi connectivity index (χ1n) is 5.81. The molecule has 0 fully saturated rings. The number of hydrogen-bond donors (Lipinski definition) is 1. The number of ether oxygens (including phenoxy) is 1. The summed E-state index contributed by atoms with van der Waals surface area (Å²) in [6.45, 7) is 1.93. The summed E-state index contributed by atoms with van der Waals surface area (Å²) in [6, 6.07) is 9.69. The van der Waals surface area contributed by atoms with E-state index in [0.717, 1.165) is 10.0 Å². The van der Waals surface area contributed by atoms with Crippen LogP contribution in [-0.4, -0.2) is 12.2 Å². The standard InChI is InChI=1S/C15H14BrFO2/c1-9-4-3-5-11(14(9)16)15(18)12-8-10(17)6-7-13(12)19-2/h3-8,15,18H,1-2H3. The molecule has 19 heavy (non-hydrogen) atoms. The Bertz CT molecular complexity index is 599. The van der Waals surface area contributed by atoms with E-state index in [9.17, 15) is 9.50 Å². The maximum absolute atomic E-state index is 13.4. The molecule has 0 aromatic heterocycles.